The lowest BCUT2D eigenvalue weighted by atomic mass is 10.0. The Hall–Kier alpha value is -3.00. The van der Waals surface area contributed by atoms with Crippen molar-refractivity contribution in [3.63, 3.8) is 0 Å². The van der Waals surface area contributed by atoms with E-state index in [1.165, 1.54) is 27.6 Å². The van der Waals surface area contributed by atoms with Gasteiger partial charge < -0.3 is 9.30 Å². The number of benzene rings is 3. The van der Waals surface area contributed by atoms with Gasteiger partial charge in [0, 0.05) is 23.6 Å². The Labute approximate surface area is 141 Å². The van der Waals surface area contributed by atoms with Crippen LogP contribution in [0.4, 0.5) is 0 Å². The molecule has 24 heavy (non-hydrogen) atoms. The standard InChI is InChI=1S/C22H19NO/c1-24-21-10-7-17(8-11-21)16-23-14-13-20-15-19(9-12-22(20)23)18-5-3-2-4-6-18/h2-15H,16H2,1H3. The van der Waals surface area contributed by atoms with Crippen LogP contribution in [0.3, 0.4) is 0 Å². The molecule has 2 heteroatoms. The molecule has 0 amide bonds. The van der Waals surface area contributed by atoms with Crippen molar-refractivity contribution in [2.24, 2.45) is 0 Å². The maximum Gasteiger partial charge on any atom is 0.118 e. The first-order valence-corrected chi connectivity index (χ1v) is 8.11. The van der Waals surface area contributed by atoms with Crippen molar-refractivity contribution in [1.29, 1.82) is 0 Å². The summed E-state index contributed by atoms with van der Waals surface area (Å²) in [5, 5.41) is 1.27. The first-order chi connectivity index (χ1) is 11.8. The number of fused-ring (bicyclic) bond motifs is 1. The Kier molecular flexibility index (Phi) is 3.80. The molecule has 0 spiro atoms. The number of hydrogen-bond donors (Lipinski definition) is 0. The van der Waals surface area contributed by atoms with Crippen molar-refractivity contribution < 1.29 is 4.74 Å². The summed E-state index contributed by atoms with van der Waals surface area (Å²) in [5.74, 6) is 0.892. The van der Waals surface area contributed by atoms with Crippen LogP contribution >= 0.6 is 0 Å². The van der Waals surface area contributed by atoms with Crippen LogP contribution < -0.4 is 4.74 Å². The molecular weight excluding hydrogens is 294 g/mol. The molecule has 0 aliphatic carbocycles. The number of nitrogens with zero attached hydrogens (tertiary/aromatic N) is 1. The van der Waals surface area contributed by atoms with Gasteiger partial charge in [-0.25, -0.2) is 0 Å². The number of ether oxygens (including phenoxy) is 1. The van der Waals surface area contributed by atoms with Gasteiger partial charge in [0.15, 0.2) is 0 Å². The lowest BCUT2D eigenvalue weighted by Gasteiger charge is -2.08. The number of hydrogen-bond acceptors (Lipinski definition) is 1. The van der Waals surface area contributed by atoms with Gasteiger partial charge in [-0.1, -0.05) is 48.5 Å². The van der Waals surface area contributed by atoms with E-state index in [0.717, 1.165) is 12.3 Å². The van der Waals surface area contributed by atoms with E-state index < -0.39 is 0 Å². The van der Waals surface area contributed by atoms with Crippen LogP contribution in [0.1, 0.15) is 5.56 Å². The Morgan fingerprint density at radius 2 is 1.58 bits per heavy atom. The molecule has 4 rings (SSSR count). The van der Waals surface area contributed by atoms with E-state index in [1.54, 1.807) is 7.11 Å². The SMILES string of the molecule is COc1ccc(Cn2ccc3cc(-c4ccccc4)ccc32)cc1. The van der Waals surface area contributed by atoms with Gasteiger partial charge in [0.1, 0.15) is 5.75 Å². The third kappa shape index (κ3) is 2.79. The zero-order chi connectivity index (χ0) is 16.4. The quantitative estimate of drug-likeness (QED) is 0.494. The largest absolute Gasteiger partial charge is 0.497 e. The predicted octanol–water partition coefficient (Wildman–Crippen LogP) is 5.37. The van der Waals surface area contributed by atoms with Crippen LogP contribution in [-0.2, 0) is 6.54 Å². The van der Waals surface area contributed by atoms with E-state index >= 15 is 0 Å². The van der Waals surface area contributed by atoms with Crippen molar-refractivity contribution in [3.05, 3.63) is 90.6 Å². The second kappa shape index (κ2) is 6.25. The summed E-state index contributed by atoms with van der Waals surface area (Å²) in [6, 6.07) is 27.6. The van der Waals surface area contributed by atoms with Crippen molar-refractivity contribution in [1.82, 2.24) is 4.57 Å². The molecule has 0 saturated carbocycles. The molecule has 0 unspecified atom stereocenters. The van der Waals surface area contributed by atoms with E-state index in [1.807, 2.05) is 18.2 Å². The Morgan fingerprint density at radius 1 is 0.792 bits per heavy atom. The summed E-state index contributed by atoms with van der Waals surface area (Å²) in [4.78, 5) is 0. The van der Waals surface area contributed by atoms with Crippen LogP contribution in [0.15, 0.2) is 85.1 Å². The van der Waals surface area contributed by atoms with Gasteiger partial charge in [0.2, 0.25) is 0 Å². The maximum atomic E-state index is 5.22. The van der Waals surface area contributed by atoms with Crippen LogP contribution in [0.5, 0.6) is 5.75 Å². The van der Waals surface area contributed by atoms with Gasteiger partial charge in [0.05, 0.1) is 7.11 Å². The highest BCUT2D eigenvalue weighted by Gasteiger charge is 2.05. The van der Waals surface area contributed by atoms with E-state index in [9.17, 15) is 0 Å². The topological polar surface area (TPSA) is 14.2 Å². The predicted molar refractivity (Wildman–Crippen MR) is 99.5 cm³/mol. The van der Waals surface area contributed by atoms with E-state index in [2.05, 4.69) is 71.4 Å². The molecule has 2 nitrogen and oxygen atoms in total. The van der Waals surface area contributed by atoms with Crippen molar-refractivity contribution in [2.75, 3.05) is 7.11 Å². The molecule has 0 N–H and O–H groups in total. The second-order valence-corrected chi connectivity index (χ2v) is 5.93. The van der Waals surface area contributed by atoms with E-state index in [4.69, 9.17) is 4.74 Å². The van der Waals surface area contributed by atoms with Gasteiger partial charge in [-0.2, -0.15) is 0 Å². The summed E-state index contributed by atoms with van der Waals surface area (Å²) in [6.07, 6.45) is 2.16. The second-order valence-electron chi connectivity index (χ2n) is 5.93. The van der Waals surface area contributed by atoms with Crippen LogP contribution in [-0.4, -0.2) is 11.7 Å². The lowest BCUT2D eigenvalue weighted by molar-refractivity contribution is 0.414. The van der Waals surface area contributed by atoms with Crippen LogP contribution in [0.2, 0.25) is 0 Å². The number of methoxy groups -OCH3 is 1. The Balaban J connectivity index is 1.65. The normalized spacial score (nSPS) is 10.9. The van der Waals surface area contributed by atoms with Gasteiger partial charge in [-0.3, -0.25) is 0 Å². The first kappa shape index (κ1) is 14.6. The van der Waals surface area contributed by atoms with Crippen LogP contribution in [0, 0.1) is 0 Å². The maximum absolute atomic E-state index is 5.22. The van der Waals surface area contributed by atoms with Gasteiger partial charge in [-0.15, -0.1) is 0 Å². The summed E-state index contributed by atoms with van der Waals surface area (Å²) in [6.45, 7) is 0.859. The third-order valence-corrected chi connectivity index (χ3v) is 4.39. The molecule has 0 aliphatic rings. The summed E-state index contributed by atoms with van der Waals surface area (Å²) < 4.78 is 7.51. The van der Waals surface area contributed by atoms with Gasteiger partial charge in [0.25, 0.3) is 0 Å². The number of aromatic nitrogens is 1. The molecule has 1 aromatic heterocycles. The summed E-state index contributed by atoms with van der Waals surface area (Å²) >= 11 is 0. The van der Waals surface area contributed by atoms with Crippen molar-refractivity contribution in [2.45, 2.75) is 6.54 Å². The fourth-order valence-electron chi connectivity index (χ4n) is 3.08. The molecule has 118 valence electrons. The molecule has 0 atom stereocenters. The molecule has 0 radical (unpaired) electrons. The average Bonchev–Trinajstić information content (AvgIpc) is 3.05. The summed E-state index contributed by atoms with van der Waals surface area (Å²) in [7, 11) is 1.69. The molecule has 0 fully saturated rings. The third-order valence-electron chi connectivity index (χ3n) is 4.39. The Bertz CT molecular complexity index is 952. The summed E-state index contributed by atoms with van der Waals surface area (Å²) in [5.41, 5.74) is 5.03. The molecule has 3 aromatic carbocycles. The minimum absolute atomic E-state index is 0.859. The lowest BCUT2D eigenvalue weighted by Crippen LogP contribution is -1.97. The van der Waals surface area contributed by atoms with Crippen molar-refractivity contribution in [3.8, 4) is 16.9 Å². The van der Waals surface area contributed by atoms with E-state index in [0.29, 0.717) is 0 Å². The van der Waals surface area contributed by atoms with Crippen LogP contribution in [0.25, 0.3) is 22.0 Å². The fourth-order valence-corrected chi connectivity index (χ4v) is 3.08. The zero-order valence-electron chi connectivity index (χ0n) is 13.6. The van der Waals surface area contributed by atoms with Gasteiger partial charge >= 0.3 is 0 Å². The average molecular weight is 313 g/mol. The molecule has 1 heterocycles. The minimum atomic E-state index is 0.859. The Morgan fingerprint density at radius 3 is 2.33 bits per heavy atom. The smallest absolute Gasteiger partial charge is 0.118 e. The molecule has 0 saturated heterocycles. The van der Waals surface area contributed by atoms with E-state index in [-0.39, 0.29) is 0 Å². The first-order valence-electron chi connectivity index (χ1n) is 8.11. The zero-order valence-corrected chi connectivity index (χ0v) is 13.6. The molecular formula is C22H19NO. The highest BCUT2D eigenvalue weighted by Crippen LogP contribution is 2.25. The fraction of sp³-hybridized carbons (Fsp3) is 0.0909. The van der Waals surface area contributed by atoms with Crippen molar-refractivity contribution >= 4 is 10.9 Å². The minimum Gasteiger partial charge on any atom is -0.497 e. The highest BCUT2D eigenvalue weighted by atomic mass is 16.5. The number of rotatable bonds is 4. The monoisotopic (exact) mass is 313 g/mol. The molecule has 0 aliphatic heterocycles. The van der Waals surface area contributed by atoms with Gasteiger partial charge in [-0.05, 0) is 47.0 Å². The molecule has 4 aromatic rings. The highest BCUT2D eigenvalue weighted by molar-refractivity contribution is 5.85. The molecule has 0 bridgehead atoms.